The first-order chi connectivity index (χ1) is 16.8. The van der Waals surface area contributed by atoms with Gasteiger partial charge in [0.25, 0.3) is 0 Å². The summed E-state index contributed by atoms with van der Waals surface area (Å²) in [7, 11) is 0. The van der Waals surface area contributed by atoms with Gasteiger partial charge >= 0.3 is 0 Å². The Labute approximate surface area is 214 Å². The van der Waals surface area contributed by atoms with E-state index in [1.807, 2.05) is 6.29 Å². The summed E-state index contributed by atoms with van der Waals surface area (Å²) in [6, 6.07) is 0. The molecular formula is C32H61O2. The van der Waals surface area contributed by atoms with Crippen molar-refractivity contribution in [3.05, 3.63) is 0 Å². The Morgan fingerprint density at radius 2 is 0.765 bits per heavy atom. The molecular weight excluding hydrogens is 416 g/mol. The van der Waals surface area contributed by atoms with Crippen molar-refractivity contribution in [1.82, 2.24) is 0 Å². The highest BCUT2D eigenvalue weighted by Gasteiger charge is 2.17. The van der Waals surface area contributed by atoms with Crippen LogP contribution in [0.5, 0.6) is 0 Å². The van der Waals surface area contributed by atoms with E-state index >= 15 is 0 Å². The summed E-state index contributed by atoms with van der Waals surface area (Å²) in [5, 5.41) is 0. The summed E-state index contributed by atoms with van der Waals surface area (Å²) in [5.41, 5.74) is 0. The number of Topliss-reactive ketones (excluding diaryl/α,β-unsaturated/α-hetero) is 1. The number of unbranched alkanes of at least 4 members (excludes halogenated alkanes) is 23. The quantitative estimate of drug-likeness (QED) is 0.0792. The lowest BCUT2D eigenvalue weighted by atomic mass is 9.94. The molecule has 34 heavy (non-hydrogen) atoms. The fraction of sp³-hybridized carbons (Fsp3) is 0.938. The van der Waals surface area contributed by atoms with Gasteiger partial charge in [0, 0.05) is 6.42 Å². The van der Waals surface area contributed by atoms with Gasteiger partial charge in [0.15, 0.2) is 0 Å². The molecule has 0 rings (SSSR count). The molecule has 0 bridgehead atoms. The van der Waals surface area contributed by atoms with Crippen molar-refractivity contribution in [3.63, 3.8) is 0 Å². The van der Waals surface area contributed by atoms with Crippen molar-refractivity contribution in [3.8, 4) is 0 Å². The van der Waals surface area contributed by atoms with Gasteiger partial charge in [-0.15, -0.1) is 0 Å². The van der Waals surface area contributed by atoms with E-state index in [0.29, 0.717) is 6.42 Å². The monoisotopic (exact) mass is 477 g/mol. The van der Waals surface area contributed by atoms with Crippen LogP contribution in [0.15, 0.2) is 0 Å². The van der Waals surface area contributed by atoms with Crippen LogP contribution < -0.4 is 0 Å². The van der Waals surface area contributed by atoms with Crippen LogP contribution in [0.1, 0.15) is 187 Å². The molecule has 0 aromatic heterocycles. The molecule has 0 amide bonds. The average molecular weight is 478 g/mol. The molecule has 201 valence electrons. The Bertz CT molecular complexity index is 417. The van der Waals surface area contributed by atoms with E-state index in [-0.39, 0.29) is 5.78 Å². The van der Waals surface area contributed by atoms with E-state index in [1.54, 1.807) is 0 Å². The third-order valence-corrected chi connectivity index (χ3v) is 7.40. The molecule has 0 saturated carbocycles. The Morgan fingerprint density at radius 1 is 0.471 bits per heavy atom. The van der Waals surface area contributed by atoms with E-state index in [9.17, 15) is 9.59 Å². The minimum Gasteiger partial charge on any atom is -0.299 e. The second-order valence-corrected chi connectivity index (χ2v) is 10.8. The fourth-order valence-corrected chi connectivity index (χ4v) is 4.97. The van der Waals surface area contributed by atoms with Gasteiger partial charge < -0.3 is 0 Å². The Kier molecular flexibility index (Phi) is 28.0. The summed E-state index contributed by atoms with van der Waals surface area (Å²) in [6.07, 6.45) is 36.2. The van der Waals surface area contributed by atoms with Gasteiger partial charge in [-0.05, 0) is 12.8 Å². The SMILES string of the molecule is CCCCCCCCCCCCCCCC(=O)C([C]=O)CCCCCCCCCCCCCC. The second-order valence-electron chi connectivity index (χ2n) is 10.8. The fourth-order valence-electron chi connectivity index (χ4n) is 4.97. The van der Waals surface area contributed by atoms with Gasteiger partial charge in [0.2, 0.25) is 6.29 Å². The maximum Gasteiger partial charge on any atom is 0.209 e. The molecule has 2 heteroatoms. The second kappa shape index (κ2) is 28.6. The van der Waals surface area contributed by atoms with E-state index in [0.717, 1.165) is 32.1 Å². The van der Waals surface area contributed by atoms with Gasteiger partial charge in [-0.25, -0.2) is 0 Å². The van der Waals surface area contributed by atoms with Gasteiger partial charge in [0.1, 0.15) is 5.78 Å². The maximum absolute atomic E-state index is 12.3. The zero-order chi connectivity index (χ0) is 25.0. The first-order valence-corrected chi connectivity index (χ1v) is 15.7. The zero-order valence-electron chi connectivity index (χ0n) is 23.5. The smallest absolute Gasteiger partial charge is 0.209 e. The molecule has 1 radical (unpaired) electrons. The van der Waals surface area contributed by atoms with E-state index in [4.69, 9.17) is 0 Å². The molecule has 1 unspecified atom stereocenters. The molecule has 0 fully saturated rings. The summed E-state index contributed by atoms with van der Waals surface area (Å²) < 4.78 is 0. The molecule has 1 atom stereocenters. The number of carbonyl (C=O) groups excluding carboxylic acids is 2. The van der Waals surface area contributed by atoms with Crippen LogP contribution in [0.25, 0.3) is 0 Å². The van der Waals surface area contributed by atoms with Crippen LogP contribution in [0.3, 0.4) is 0 Å². The summed E-state index contributed by atoms with van der Waals surface area (Å²) in [5.74, 6) is -0.318. The molecule has 0 aliphatic heterocycles. The number of ketones is 1. The highest BCUT2D eigenvalue weighted by atomic mass is 16.1. The molecule has 0 heterocycles. The van der Waals surface area contributed by atoms with Crippen molar-refractivity contribution in [1.29, 1.82) is 0 Å². The van der Waals surface area contributed by atoms with Crippen molar-refractivity contribution in [2.24, 2.45) is 5.92 Å². The highest BCUT2D eigenvalue weighted by molar-refractivity contribution is 5.93. The summed E-state index contributed by atoms with van der Waals surface area (Å²) in [4.78, 5) is 23.6. The topological polar surface area (TPSA) is 34.1 Å². The van der Waals surface area contributed by atoms with Crippen molar-refractivity contribution >= 4 is 12.1 Å². The highest BCUT2D eigenvalue weighted by Crippen LogP contribution is 2.17. The predicted octanol–water partition coefficient (Wildman–Crippen LogP) is 10.9. The molecule has 0 spiro atoms. The van der Waals surface area contributed by atoms with Gasteiger partial charge in [-0.2, -0.15) is 0 Å². The lowest BCUT2D eigenvalue weighted by Crippen LogP contribution is -2.15. The molecule has 0 aromatic carbocycles. The van der Waals surface area contributed by atoms with Crippen molar-refractivity contribution < 1.29 is 9.59 Å². The molecule has 0 aliphatic rings. The van der Waals surface area contributed by atoms with Crippen LogP contribution in [0.2, 0.25) is 0 Å². The van der Waals surface area contributed by atoms with Crippen LogP contribution in [0, 0.1) is 5.92 Å². The van der Waals surface area contributed by atoms with E-state index < -0.39 is 5.92 Å². The van der Waals surface area contributed by atoms with Crippen LogP contribution >= 0.6 is 0 Å². The number of hydrogen-bond acceptors (Lipinski definition) is 2. The average Bonchev–Trinajstić information content (AvgIpc) is 2.85. The maximum atomic E-state index is 12.3. The third-order valence-electron chi connectivity index (χ3n) is 7.40. The van der Waals surface area contributed by atoms with Crippen LogP contribution in [0.4, 0.5) is 0 Å². The minimum absolute atomic E-state index is 0.140. The van der Waals surface area contributed by atoms with Gasteiger partial charge in [0.05, 0.1) is 5.92 Å². The van der Waals surface area contributed by atoms with Crippen LogP contribution in [-0.4, -0.2) is 12.1 Å². The zero-order valence-corrected chi connectivity index (χ0v) is 23.5. The molecule has 0 aromatic rings. The number of hydrogen-bond donors (Lipinski definition) is 0. The third kappa shape index (κ3) is 24.5. The molecule has 0 aliphatic carbocycles. The first kappa shape index (κ1) is 33.3. The Morgan fingerprint density at radius 3 is 1.09 bits per heavy atom. The largest absolute Gasteiger partial charge is 0.299 e. The lowest BCUT2D eigenvalue weighted by molar-refractivity contribution is -0.121. The minimum atomic E-state index is -0.458. The van der Waals surface area contributed by atoms with E-state index in [1.165, 1.54) is 135 Å². The first-order valence-electron chi connectivity index (χ1n) is 15.7. The predicted molar refractivity (Wildman–Crippen MR) is 150 cm³/mol. The molecule has 0 saturated heterocycles. The summed E-state index contributed by atoms with van der Waals surface area (Å²) >= 11 is 0. The molecule has 2 nitrogen and oxygen atoms in total. The standard InChI is InChI=1S/C32H61O2/c1-3-5-7-9-11-13-15-17-19-21-23-25-27-29-32(34)31(30-33)28-26-24-22-20-18-16-14-12-10-8-6-4-2/h31H,3-29H2,1-2H3. The van der Waals surface area contributed by atoms with E-state index in [2.05, 4.69) is 13.8 Å². The van der Waals surface area contributed by atoms with Gasteiger partial charge in [-0.1, -0.05) is 168 Å². The number of rotatable bonds is 29. The lowest BCUT2D eigenvalue weighted by Gasteiger charge is -2.09. The van der Waals surface area contributed by atoms with Gasteiger partial charge in [-0.3, -0.25) is 9.59 Å². The van der Waals surface area contributed by atoms with Crippen LogP contribution in [-0.2, 0) is 9.59 Å². The normalized spacial score (nSPS) is 12.2. The van der Waals surface area contributed by atoms with Crippen molar-refractivity contribution in [2.45, 2.75) is 187 Å². The summed E-state index contributed by atoms with van der Waals surface area (Å²) in [6.45, 7) is 4.54. The Hall–Kier alpha value is -0.660. The molecule has 0 N–H and O–H groups in total. The Balaban J connectivity index is 3.43. The number of carbonyl (C=O) groups is 1. The van der Waals surface area contributed by atoms with Crippen molar-refractivity contribution in [2.75, 3.05) is 0 Å².